The summed E-state index contributed by atoms with van der Waals surface area (Å²) in [6.45, 7) is 1.77. The van der Waals surface area contributed by atoms with Crippen LogP contribution < -0.4 is 0 Å². The van der Waals surface area contributed by atoms with Gasteiger partial charge in [0.15, 0.2) is 9.74 Å². The summed E-state index contributed by atoms with van der Waals surface area (Å²) in [5, 5.41) is 10.4. The van der Waals surface area contributed by atoms with Crippen LogP contribution in [0.25, 0.3) is 0 Å². The first-order valence-electron chi connectivity index (χ1n) is 7.11. The first kappa shape index (κ1) is 16.0. The zero-order chi connectivity index (χ0) is 16.3. The Labute approximate surface area is 138 Å². The number of thioether (sulfide) groups is 2. The molecule has 2 fully saturated rings. The molecule has 1 aliphatic carbocycles. The number of nitrogens with zero attached hydrogens (tertiary/aromatic N) is 2. The number of rotatable bonds is 2. The van der Waals surface area contributed by atoms with Crippen LogP contribution in [0.2, 0.25) is 0 Å². The molecule has 0 aromatic heterocycles. The zero-order valence-electron chi connectivity index (χ0n) is 13.1. The third-order valence-corrected chi connectivity index (χ3v) is 7.50. The van der Waals surface area contributed by atoms with Crippen molar-refractivity contribution in [1.29, 1.82) is 0 Å². The lowest BCUT2D eigenvalue weighted by molar-refractivity contribution is -0.164. The fourth-order valence-electron chi connectivity index (χ4n) is 3.56. The molecule has 1 N–H and O–H groups in total. The van der Waals surface area contributed by atoms with E-state index in [1.54, 1.807) is 35.9 Å². The third-order valence-electron chi connectivity index (χ3n) is 5.06. The standard InChI is InChI=1S/C15H20N2O3S2/c1-14(21-3)12(19)17-11-9(6-5-7-10(11)18)8-15(17,22-4)13(20)16(14)2/h5-7,10-11,18H,8H2,1-4H3/t10-,11?,14+,15+/m0/s1. The van der Waals surface area contributed by atoms with Crippen molar-refractivity contribution in [2.75, 3.05) is 19.6 Å². The van der Waals surface area contributed by atoms with Gasteiger partial charge >= 0.3 is 0 Å². The maximum Gasteiger partial charge on any atom is 0.260 e. The molecule has 0 spiro atoms. The molecular formula is C15H20N2O3S2. The lowest BCUT2D eigenvalue weighted by Gasteiger charge is -2.53. The van der Waals surface area contributed by atoms with Gasteiger partial charge in [0.1, 0.15) is 0 Å². The number of hydrogen-bond acceptors (Lipinski definition) is 5. The van der Waals surface area contributed by atoms with Crippen LogP contribution >= 0.6 is 23.5 Å². The third kappa shape index (κ3) is 1.73. The van der Waals surface area contributed by atoms with Gasteiger partial charge in [-0.05, 0) is 25.0 Å². The van der Waals surface area contributed by atoms with E-state index >= 15 is 0 Å². The predicted molar refractivity (Wildman–Crippen MR) is 89.4 cm³/mol. The molecule has 3 rings (SSSR count). The summed E-state index contributed by atoms with van der Waals surface area (Å²) in [7, 11) is 1.69. The van der Waals surface area contributed by atoms with Crippen LogP contribution in [-0.2, 0) is 9.59 Å². The number of carbonyl (C=O) groups excluding carboxylic acids is 2. The largest absolute Gasteiger partial charge is 0.387 e. The molecule has 2 heterocycles. The normalized spacial score (nSPS) is 40.7. The number of allylic oxidation sites excluding steroid dienone is 2. The Kier molecular flexibility index (Phi) is 3.66. The topological polar surface area (TPSA) is 60.9 Å². The van der Waals surface area contributed by atoms with Gasteiger partial charge in [0.2, 0.25) is 0 Å². The summed E-state index contributed by atoms with van der Waals surface area (Å²) >= 11 is 2.74. The van der Waals surface area contributed by atoms with Crippen LogP contribution in [0.1, 0.15) is 13.3 Å². The Hall–Kier alpha value is -0.920. The molecule has 0 radical (unpaired) electrons. The van der Waals surface area contributed by atoms with Gasteiger partial charge in [0, 0.05) is 13.5 Å². The molecule has 22 heavy (non-hydrogen) atoms. The minimum absolute atomic E-state index is 0.0704. The van der Waals surface area contributed by atoms with Crippen LogP contribution in [0.5, 0.6) is 0 Å². The predicted octanol–water partition coefficient (Wildman–Crippen LogP) is 1.05. The number of fused-ring (bicyclic) bond motifs is 3. The number of piperazine rings is 1. The van der Waals surface area contributed by atoms with E-state index in [0.29, 0.717) is 6.42 Å². The zero-order valence-corrected chi connectivity index (χ0v) is 14.7. The van der Waals surface area contributed by atoms with Crippen molar-refractivity contribution in [3.05, 3.63) is 23.8 Å². The van der Waals surface area contributed by atoms with Crippen LogP contribution in [-0.4, -0.2) is 68.2 Å². The van der Waals surface area contributed by atoms with Crippen LogP contribution in [0, 0.1) is 0 Å². The molecule has 0 saturated carbocycles. The lowest BCUT2D eigenvalue weighted by atomic mass is 9.97. The van der Waals surface area contributed by atoms with Gasteiger partial charge < -0.3 is 14.9 Å². The average Bonchev–Trinajstić information content (AvgIpc) is 2.88. The van der Waals surface area contributed by atoms with Gasteiger partial charge in [-0.15, -0.1) is 23.5 Å². The second kappa shape index (κ2) is 5.04. The molecule has 3 aliphatic rings. The maximum atomic E-state index is 13.2. The van der Waals surface area contributed by atoms with E-state index in [1.807, 2.05) is 18.6 Å². The molecule has 2 saturated heterocycles. The van der Waals surface area contributed by atoms with E-state index in [2.05, 4.69) is 0 Å². The summed E-state index contributed by atoms with van der Waals surface area (Å²) in [6, 6.07) is -0.436. The molecule has 5 nitrogen and oxygen atoms in total. The fraction of sp³-hybridized carbons (Fsp3) is 0.600. The van der Waals surface area contributed by atoms with Crippen molar-refractivity contribution in [3.8, 4) is 0 Å². The number of carbonyl (C=O) groups is 2. The number of amides is 2. The van der Waals surface area contributed by atoms with Gasteiger partial charge in [-0.25, -0.2) is 0 Å². The monoisotopic (exact) mass is 340 g/mol. The van der Waals surface area contributed by atoms with Gasteiger partial charge in [-0.2, -0.15) is 0 Å². The minimum atomic E-state index is -0.940. The van der Waals surface area contributed by atoms with Crippen molar-refractivity contribution in [3.63, 3.8) is 0 Å². The van der Waals surface area contributed by atoms with Crippen molar-refractivity contribution in [2.45, 2.75) is 35.2 Å². The highest BCUT2D eigenvalue weighted by Crippen LogP contribution is 2.53. The Balaban J connectivity index is 2.18. The summed E-state index contributed by atoms with van der Waals surface area (Å²) < 4.78 is 0. The number of likely N-dealkylation sites (N-methyl/N-ethyl adjacent to an activating group) is 1. The summed E-state index contributed by atoms with van der Waals surface area (Å²) in [5.74, 6) is -0.182. The first-order chi connectivity index (χ1) is 10.3. The SMILES string of the molecule is CS[C@]1(C)C(=O)N2C3C(=CC=C[C@@H]3O)C[C@@]2(SC)C(=O)N1C. The minimum Gasteiger partial charge on any atom is -0.387 e. The van der Waals surface area contributed by atoms with Gasteiger partial charge in [-0.3, -0.25) is 9.59 Å². The van der Waals surface area contributed by atoms with Gasteiger partial charge in [0.05, 0.1) is 12.1 Å². The maximum absolute atomic E-state index is 13.2. The molecule has 0 aromatic carbocycles. The molecule has 2 amide bonds. The van der Waals surface area contributed by atoms with Crippen molar-refractivity contribution >= 4 is 35.3 Å². The van der Waals surface area contributed by atoms with Crippen LogP contribution in [0.3, 0.4) is 0 Å². The quantitative estimate of drug-likeness (QED) is 0.814. The Bertz CT molecular complexity index is 606. The van der Waals surface area contributed by atoms with E-state index < -0.39 is 21.9 Å². The highest BCUT2D eigenvalue weighted by atomic mass is 32.2. The average molecular weight is 340 g/mol. The van der Waals surface area contributed by atoms with Crippen molar-refractivity contribution < 1.29 is 14.7 Å². The first-order valence-corrected chi connectivity index (χ1v) is 9.56. The molecule has 0 aromatic rings. The van der Waals surface area contributed by atoms with E-state index in [1.165, 1.54) is 23.5 Å². The van der Waals surface area contributed by atoms with Gasteiger partial charge in [-0.1, -0.05) is 18.2 Å². The number of aliphatic hydroxyl groups is 1. The second-order valence-electron chi connectivity index (χ2n) is 5.95. The molecule has 7 heteroatoms. The second-order valence-corrected chi connectivity index (χ2v) is 8.24. The van der Waals surface area contributed by atoms with Crippen LogP contribution in [0.4, 0.5) is 0 Å². The number of hydrogen-bond donors (Lipinski definition) is 1. The summed E-state index contributed by atoms with van der Waals surface area (Å²) in [6.07, 6.45) is 8.79. The van der Waals surface area contributed by atoms with E-state index in [-0.39, 0.29) is 11.8 Å². The Morgan fingerprint density at radius 3 is 2.55 bits per heavy atom. The fourth-order valence-corrected chi connectivity index (χ4v) is 5.20. The molecule has 0 bridgehead atoms. The van der Waals surface area contributed by atoms with E-state index in [9.17, 15) is 14.7 Å². The summed E-state index contributed by atoms with van der Waals surface area (Å²) in [5.41, 5.74) is 0.949. The van der Waals surface area contributed by atoms with E-state index in [4.69, 9.17) is 0 Å². The summed E-state index contributed by atoms with van der Waals surface area (Å²) in [4.78, 5) is 27.6. The van der Waals surface area contributed by atoms with Crippen LogP contribution in [0.15, 0.2) is 23.8 Å². The Morgan fingerprint density at radius 2 is 1.95 bits per heavy atom. The number of aliphatic hydroxyl groups excluding tert-OH is 1. The van der Waals surface area contributed by atoms with Crippen molar-refractivity contribution in [2.24, 2.45) is 0 Å². The smallest absolute Gasteiger partial charge is 0.260 e. The lowest BCUT2D eigenvalue weighted by Crippen LogP contribution is -2.72. The highest BCUT2D eigenvalue weighted by molar-refractivity contribution is 8.01. The molecule has 1 unspecified atom stereocenters. The van der Waals surface area contributed by atoms with E-state index in [0.717, 1.165) is 5.57 Å². The van der Waals surface area contributed by atoms with Gasteiger partial charge in [0.25, 0.3) is 11.8 Å². The molecular weight excluding hydrogens is 320 g/mol. The molecule has 120 valence electrons. The molecule has 4 atom stereocenters. The van der Waals surface area contributed by atoms with Crippen molar-refractivity contribution in [1.82, 2.24) is 9.80 Å². The highest BCUT2D eigenvalue weighted by Gasteiger charge is 2.66. The Morgan fingerprint density at radius 1 is 1.27 bits per heavy atom. The molecule has 2 aliphatic heterocycles.